The zero-order chi connectivity index (χ0) is 26.8. The molecule has 0 aliphatic carbocycles. The summed E-state index contributed by atoms with van der Waals surface area (Å²) in [6.45, 7) is 8.17. The predicted octanol–water partition coefficient (Wildman–Crippen LogP) is 2.61. The third kappa shape index (κ3) is 9.67. The van der Waals surface area contributed by atoms with E-state index < -0.39 is 54.1 Å². The number of nitrogens with one attached hydrogen (secondary N) is 2. The molecule has 1 rings (SSSR count). The summed E-state index contributed by atoms with van der Waals surface area (Å²) >= 11 is 1.50. The van der Waals surface area contributed by atoms with Crippen LogP contribution in [0.25, 0.3) is 0 Å². The number of carbonyl (C=O) groups excluding carboxylic acids is 4. The van der Waals surface area contributed by atoms with Gasteiger partial charge in [-0.25, -0.2) is 4.79 Å². The SMILES string of the molecule is COC(=O)CNC(=O)C(c1ccccc1O)N(C(=O)C(CCSC)NC(=O)OC(C)(C)C)C(C)C. The Bertz CT molecular complexity index is 886. The summed E-state index contributed by atoms with van der Waals surface area (Å²) in [5.41, 5.74) is -0.584. The van der Waals surface area contributed by atoms with E-state index in [-0.39, 0.29) is 11.3 Å². The second kappa shape index (κ2) is 13.8. The van der Waals surface area contributed by atoms with Crippen LogP contribution in [0.3, 0.4) is 0 Å². The van der Waals surface area contributed by atoms with Gasteiger partial charge in [0.2, 0.25) is 11.8 Å². The standard InChI is InChI=1S/C24H37N3O7S/c1-15(2)27(22(31)17(12-13-35-7)26-23(32)34-24(3,4)5)20(16-10-8-9-11-18(16)28)21(30)25-14-19(29)33-6/h8-11,15,17,20,28H,12-14H2,1-7H3,(H,25,30)(H,26,32). The number of para-hydroxylation sites is 1. The fourth-order valence-electron chi connectivity index (χ4n) is 3.27. The van der Waals surface area contributed by atoms with E-state index in [1.807, 2.05) is 6.26 Å². The number of aromatic hydroxyl groups is 1. The van der Waals surface area contributed by atoms with Crippen molar-refractivity contribution in [3.63, 3.8) is 0 Å². The number of nitrogens with zero attached hydrogens (tertiary/aromatic N) is 1. The van der Waals surface area contributed by atoms with E-state index >= 15 is 0 Å². The summed E-state index contributed by atoms with van der Waals surface area (Å²) < 4.78 is 9.91. The maximum atomic E-state index is 13.8. The number of methoxy groups -OCH3 is 1. The number of hydrogen-bond donors (Lipinski definition) is 3. The second-order valence-electron chi connectivity index (χ2n) is 9.07. The molecule has 0 saturated carbocycles. The number of carbonyl (C=O) groups is 4. The van der Waals surface area contributed by atoms with Crippen LogP contribution in [0.2, 0.25) is 0 Å². The van der Waals surface area contributed by atoms with Crippen molar-refractivity contribution in [1.29, 1.82) is 0 Å². The summed E-state index contributed by atoms with van der Waals surface area (Å²) in [7, 11) is 1.19. The first kappa shape index (κ1) is 30.1. The molecule has 3 amide bonds. The second-order valence-corrected chi connectivity index (χ2v) is 10.1. The van der Waals surface area contributed by atoms with Crippen molar-refractivity contribution < 1.29 is 33.8 Å². The molecule has 0 saturated heterocycles. The number of thioether (sulfide) groups is 1. The molecule has 196 valence electrons. The molecule has 0 spiro atoms. The lowest BCUT2D eigenvalue weighted by Gasteiger charge is -2.37. The molecule has 2 unspecified atom stereocenters. The zero-order valence-corrected chi connectivity index (χ0v) is 22.2. The predicted molar refractivity (Wildman–Crippen MR) is 134 cm³/mol. The summed E-state index contributed by atoms with van der Waals surface area (Å²) in [6.07, 6.45) is 1.41. The largest absolute Gasteiger partial charge is 0.508 e. The number of esters is 1. The molecule has 35 heavy (non-hydrogen) atoms. The first-order chi connectivity index (χ1) is 16.3. The maximum absolute atomic E-state index is 13.8. The molecule has 0 heterocycles. The highest BCUT2D eigenvalue weighted by Crippen LogP contribution is 2.31. The van der Waals surface area contributed by atoms with Crippen LogP contribution >= 0.6 is 11.8 Å². The fraction of sp³-hybridized carbons (Fsp3) is 0.583. The van der Waals surface area contributed by atoms with Crippen LogP contribution in [0.15, 0.2) is 24.3 Å². The number of rotatable bonds is 11. The average molecular weight is 512 g/mol. The van der Waals surface area contributed by atoms with E-state index in [2.05, 4.69) is 15.4 Å². The highest BCUT2D eigenvalue weighted by atomic mass is 32.2. The number of alkyl carbamates (subject to hydrolysis) is 1. The first-order valence-corrected chi connectivity index (χ1v) is 12.6. The van der Waals surface area contributed by atoms with Crippen molar-refractivity contribution in [3.8, 4) is 5.75 Å². The Hall–Kier alpha value is -2.95. The van der Waals surface area contributed by atoms with E-state index in [1.165, 1.54) is 35.9 Å². The van der Waals surface area contributed by atoms with Gasteiger partial charge in [0.05, 0.1) is 7.11 Å². The molecule has 11 heteroatoms. The molecule has 10 nitrogen and oxygen atoms in total. The van der Waals surface area contributed by atoms with Gasteiger partial charge in [-0.05, 0) is 59.1 Å². The van der Waals surface area contributed by atoms with E-state index in [4.69, 9.17) is 4.74 Å². The van der Waals surface area contributed by atoms with Crippen molar-refractivity contribution in [1.82, 2.24) is 15.5 Å². The van der Waals surface area contributed by atoms with E-state index in [0.717, 1.165) is 0 Å². The fourth-order valence-corrected chi connectivity index (χ4v) is 3.74. The van der Waals surface area contributed by atoms with Crippen molar-refractivity contribution in [3.05, 3.63) is 29.8 Å². The molecule has 0 radical (unpaired) electrons. The van der Waals surface area contributed by atoms with Crippen LogP contribution in [-0.2, 0) is 23.9 Å². The van der Waals surface area contributed by atoms with Gasteiger partial charge in [-0.3, -0.25) is 14.4 Å². The van der Waals surface area contributed by atoms with E-state index in [9.17, 15) is 24.3 Å². The Morgan fingerprint density at radius 3 is 2.29 bits per heavy atom. The number of ether oxygens (including phenoxy) is 2. The molecule has 0 bridgehead atoms. The van der Waals surface area contributed by atoms with Gasteiger partial charge in [0.15, 0.2) is 0 Å². The minimum Gasteiger partial charge on any atom is -0.508 e. The molecular weight excluding hydrogens is 474 g/mol. The summed E-state index contributed by atoms with van der Waals surface area (Å²) in [4.78, 5) is 52.5. The van der Waals surface area contributed by atoms with Gasteiger partial charge in [0, 0.05) is 11.6 Å². The van der Waals surface area contributed by atoms with Gasteiger partial charge in [-0.15, -0.1) is 0 Å². The first-order valence-electron chi connectivity index (χ1n) is 11.2. The Balaban J connectivity index is 3.43. The van der Waals surface area contributed by atoms with Crippen LogP contribution in [0.4, 0.5) is 4.79 Å². The quantitative estimate of drug-likeness (QED) is 0.386. The van der Waals surface area contributed by atoms with Crippen LogP contribution in [0.1, 0.15) is 52.6 Å². The molecule has 0 fully saturated rings. The third-order valence-corrected chi connectivity index (χ3v) is 5.45. The lowest BCUT2D eigenvalue weighted by atomic mass is 9.99. The summed E-state index contributed by atoms with van der Waals surface area (Å²) in [5.74, 6) is -1.50. The molecule has 1 aromatic rings. The minimum atomic E-state index is -1.27. The minimum absolute atomic E-state index is 0.179. The Kier molecular flexibility index (Phi) is 11.9. The van der Waals surface area contributed by atoms with Crippen molar-refractivity contribution in [2.75, 3.05) is 25.7 Å². The van der Waals surface area contributed by atoms with Gasteiger partial charge in [0.25, 0.3) is 0 Å². The molecule has 1 aromatic carbocycles. The number of amides is 3. The van der Waals surface area contributed by atoms with Crippen molar-refractivity contribution >= 4 is 35.6 Å². The van der Waals surface area contributed by atoms with Gasteiger partial charge >= 0.3 is 12.1 Å². The highest BCUT2D eigenvalue weighted by Gasteiger charge is 2.38. The van der Waals surface area contributed by atoms with E-state index in [0.29, 0.717) is 12.2 Å². The normalized spacial score (nSPS) is 12.9. The Labute approximate surface area is 211 Å². The molecule has 0 aromatic heterocycles. The van der Waals surface area contributed by atoms with Gasteiger partial charge in [-0.2, -0.15) is 11.8 Å². The van der Waals surface area contributed by atoms with Crippen LogP contribution in [-0.4, -0.2) is 77.2 Å². The van der Waals surface area contributed by atoms with Gasteiger partial charge in [0.1, 0.15) is 30.0 Å². The lowest BCUT2D eigenvalue weighted by molar-refractivity contribution is -0.146. The average Bonchev–Trinajstić information content (AvgIpc) is 2.77. The number of phenols is 1. The number of hydrogen-bond acceptors (Lipinski definition) is 8. The molecular formula is C24H37N3O7S. The lowest BCUT2D eigenvalue weighted by Crippen LogP contribution is -2.55. The Morgan fingerprint density at radius 2 is 1.77 bits per heavy atom. The van der Waals surface area contributed by atoms with Crippen LogP contribution < -0.4 is 10.6 Å². The third-order valence-electron chi connectivity index (χ3n) is 4.80. The summed E-state index contributed by atoms with van der Waals surface area (Å²) in [6, 6.07) is 3.39. The topological polar surface area (TPSA) is 134 Å². The van der Waals surface area contributed by atoms with Crippen LogP contribution in [0.5, 0.6) is 5.75 Å². The summed E-state index contributed by atoms with van der Waals surface area (Å²) in [5, 5.41) is 15.6. The van der Waals surface area contributed by atoms with Crippen molar-refractivity contribution in [2.24, 2.45) is 0 Å². The van der Waals surface area contributed by atoms with Gasteiger partial charge < -0.3 is 30.1 Å². The van der Waals surface area contributed by atoms with Crippen molar-refractivity contribution in [2.45, 2.75) is 64.8 Å². The molecule has 3 N–H and O–H groups in total. The molecule has 0 aliphatic heterocycles. The molecule has 2 atom stereocenters. The zero-order valence-electron chi connectivity index (χ0n) is 21.4. The Morgan fingerprint density at radius 1 is 1.14 bits per heavy atom. The monoisotopic (exact) mass is 511 g/mol. The molecule has 0 aliphatic rings. The highest BCUT2D eigenvalue weighted by molar-refractivity contribution is 7.98. The van der Waals surface area contributed by atoms with Crippen LogP contribution in [0, 0.1) is 0 Å². The number of benzene rings is 1. The van der Waals surface area contributed by atoms with Gasteiger partial charge in [-0.1, -0.05) is 18.2 Å². The smallest absolute Gasteiger partial charge is 0.408 e. The van der Waals surface area contributed by atoms with E-state index in [1.54, 1.807) is 46.8 Å². The maximum Gasteiger partial charge on any atom is 0.408 e. The number of phenolic OH excluding ortho intramolecular Hbond substituents is 1.